The number of aromatic nitrogens is 1. The fourth-order valence-electron chi connectivity index (χ4n) is 1.89. The van der Waals surface area contributed by atoms with Crippen molar-refractivity contribution in [3.63, 3.8) is 0 Å². The van der Waals surface area contributed by atoms with Crippen LogP contribution in [0.15, 0.2) is 34.9 Å². The largest absolute Gasteiger partial charge is 0.445 e. The standard InChI is InChI=1S/C16H20N2O2S/c1-4-14-9-17-15(20-14)11-21-10-12-6-5-7-13(8-12)16(19)18(2)3/h5-9H,4,10-11H2,1-3H3. The molecule has 2 aromatic rings. The maximum atomic E-state index is 11.9. The highest BCUT2D eigenvalue weighted by molar-refractivity contribution is 7.97. The maximum absolute atomic E-state index is 11.9. The van der Waals surface area contributed by atoms with Gasteiger partial charge in [0.1, 0.15) is 5.76 Å². The van der Waals surface area contributed by atoms with Crippen LogP contribution in [0.3, 0.4) is 0 Å². The molecule has 1 aromatic heterocycles. The molecule has 0 N–H and O–H groups in total. The van der Waals surface area contributed by atoms with Crippen LogP contribution in [-0.4, -0.2) is 29.9 Å². The van der Waals surface area contributed by atoms with Crippen molar-refractivity contribution in [3.05, 3.63) is 53.2 Å². The van der Waals surface area contributed by atoms with Crippen LogP contribution in [0.25, 0.3) is 0 Å². The molecule has 0 saturated carbocycles. The minimum absolute atomic E-state index is 0.0298. The van der Waals surface area contributed by atoms with Gasteiger partial charge in [0.2, 0.25) is 5.89 Å². The van der Waals surface area contributed by atoms with Crippen LogP contribution < -0.4 is 0 Å². The summed E-state index contributed by atoms with van der Waals surface area (Å²) in [6.45, 7) is 2.05. The topological polar surface area (TPSA) is 46.3 Å². The molecule has 0 aliphatic carbocycles. The predicted molar refractivity (Wildman–Crippen MR) is 85.3 cm³/mol. The van der Waals surface area contributed by atoms with E-state index in [1.165, 1.54) is 0 Å². The second-order valence-electron chi connectivity index (χ2n) is 4.97. The summed E-state index contributed by atoms with van der Waals surface area (Å²) in [4.78, 5) is 17.7. The number of carbonyl (C=O) groups excluding carboxylic acids is 1. The maximum Gasteiger partial charge on any atom is 0.253 e. The van der Waals surface area contributed by atoms with Crippen LogP contribution in [-0.2, 0) is 17.9 Å². The Morgan fingerprint density at radius 3 is 2.81 bits per heavy atom. The first-order chi connectivity index (χ1) is 10.1. The van der Waals surface area contributed by atoms with Gasteiger partial charge in [-0.15, -0.1) is 11.8 Å². The molecule has 112 valence electrons. The zero-order valence-electron chi connectivity index (χ0n) is 12.6. The van der Waals surface area contributed by atoms with E-state index in [1.54, 1.807) is 37.0 Å². The SMILES string of the molecule is CCc1cnc(CSCc2cccc(C(=O)N(C)C)c2)o1. The molecule has 1 amide bonds. The molecule has 0 fully saturated rings. The minimum Gasteiger partial charge on any atom is -0.445 e. The first kappa shape index (κ1) is 15.6. The van der Waals surface area contributed by atoms with Crippen molar-refractivity contribution >= 4 is 17.7 Å². The molecule has 1 heterocycles. The molecular weight excluding hydrogens is 284 g/mol. The number of amides is 1. The highest BCUT2D eigenvalue weighted by Gasteiger charge is 2.08. The molecule has 1 aromatic carbocycles. The first-order valence-corrected chi connectivity index (χ1v) is 8.07. The molecule has 0 atom stereocenters. The van der Waals surface area contributed by atoms with Gasteiger partial charge in [-0.2, -0.15) is 0 Å². The summed E-state index contributed by atoms with van der Waals surface area (Å²) in [5, 5.41) is 0. The number of hydrogen-bond acceptors (Lipinski definition) is 4. The molecule has 0 unspecified atom stereocenters. The number of thioether (sulfide) groups is 1. The number of aryl methyl sites for hydroxylation is 1. The van der Waals surface area contributed by atoms with Gasteiger partial charge in [0.05, 0.1) is 11.9 Å². The number of nitrogens with zero attached hydrogens (tertiary/aromatic N) is 2. The van der Waals surface area contributed by atoms with Gasteiger partial charge in [-0.1, -0.05) is 19.1 Å². The molecule has 0 radical (unpaired) electrons. The van der Waals surface area contributed by atoms with E-state index < -0.39 is 0 Å². The third-order valence-electron chi connectivity index (χ3n) is 3.02. The van der Waals surface area contributed by atoms with E-state index in [4.69, 9.17) is 4.42 Å². The molecule has 5 heteroatoms. The lowest BCUT2D eigenvalue weighted by atomic mass is 10.1. The summed E-state index contributed by atoms with van der Waals surface area (Å²) >= 11 is 1.73. The lowest BCUT2D eigenvalue weighted by Gasteiger charge is -2.11. The van der Waals surface area contributed by atoms with E-state index in [0.717, 1.165) is 40.7 Å². The monoisotopic (exact) mass is 304 g/mol. The Morgan fingerprint density at radius 2 is 2.14 bits per heavy atom. The van der Waals surface area contributed by atoms with Crippen LogP contribution in [0.5, 0.6) is 0 Å². The van der Waals surface area contributed by atoms with E-state index in [1.807, 2.05) is 31.2 Å². The Bertz CT molecular complexity index is 608. The quantitative estimate of drug-likeness (QED) is 0.821. The van der Waals surface area contributed by atoms with E-state index in [-0.39, 0.29) is 5.91 Å². The summed E-state index contributed by atoms with van der Waals surface area (Å²) in [5.41, 5.74) is 1.86. The molecule has 4 nitrogen and oxygen atoms in total. The smallest absolute Gasteiger partial charge is 0.253 e. The number of rotatable bonds is 6. The van der Waals surface area contributed by atoms with Gasteiger partial charge < -0.3 is 9.32 Å². The van der Waals surface area contributed by atoms with Gasteiger partial charge in [0.25, 0.3) is 5.91 Å². The molecular formula is C16H20N2O2S. The molecule has 0 aliphatic rings. The van der Waals surface area contributed by atoms with Gasteiger partial charge >= 0.3 is 0 Å². The van der Waals surface area contributed by atoms with Crippen LogP contribution in [0, 0.1) is 0 Å². The molecule has 21 heavy (non-hydrogen) atoms. The summed E-state index contributed by atoms with van der Waals surface area (Å²) < 4.78 is 5.57. The van der Waals surface area contributed by atoms with Crippen molar-refractivity contribution in [1.29, 1.82) is 0 Å². The molecule has 0 spiro atoms. The lowest BCUT2D eigenvalue weighted by Crippen LogP contribution is -2.21. The highest BCUT2D eigenvalue weighted by atomic mass is 32.2. The van der Waals surface area contributed by atoms with Crippen LogP contribution >= 0.6 is 11.8 Å². The molecule has 0 bridgehead atoms. The Morgan fingerprint density at radius 1 is 1.33 bits per heavy atom. The van der Waals surface area contributed by atoms with Gasteiger partial charge in [-0.05, 0) is 17.7 Å². The number of carbonyl (C=O) groups is 1. The zero-order chi connectivity index (χ0) is 15.2. The third-order valence-corrected chi connectivity index (χ3v) is 4.01. The van der Waals surface area contributed by atoms with Crippen molar-refractivity contribution in [3.8, 4) is 0 Å². The van der Waals surface area contributed by atoms with Crippen LogP contribution in [0.2, 0.25) is 0 Å². The van der Waals surface area contributed by atoms with E-state index in [0.29, 0.717) is 0 Å². The fourth-order valence-corrected chi connectivity index (χ4v) is 2.71. The Balaban J connectivity index is 1.91. The van der Waals surface area contributed by atoms with Crippen molar-refractivity contribution < 1.29 is 9.21 Å². The van der Waals surface area contributed by atoms with E-state index >= 15 is 0 Å². The summed E-state index contributed by atoms with van der Waals surface area (Å²) in [6.07, 6.45) is 2.65. The average Bonchev–Trinajstić information content (AvgIpc) is 2.94. The Kier molecular flexibility index (Phi) is 5.44. The van der Waals surface area contributed by atoms with Crippen molar-refractivity contribution in [1.82, 2.24) is 9.88 Å². The van der Waals surface area contributed by atoms with Crippen molar-refractivity contribution in [2.24, 2.45) is 0 Å². The minimum atomic E-state index is 0.0298. The van der Waals surface area contributed by atoms with E-state index in [9.17, 15) is 4.79 Å². The molecule has 0 aliphatic heterocycles. The second-order valence-corrected chi connectivity index (χ2v) is 5.95. The molecule has 2 rings (SSSR count). The Hall–Kier alpha value is -1.75. The second kappa shape index (κ2) is 7.31. The van der Waals surface area contributed by atoms with Crippen molar-refractivity contribution in [2.45, 2.75) is 24.9 Å². The van der Waals surface area contributed by atoms with Crippen LogP contribution in [0.1, 0.15) is 34.5 Å². The van der Waals surface area contributed by atoms with Crippen LogP contribution in [0.4, 0.5) is 0 Å². The van der Waals surface area contributed by atoms with Crippen molar-refractivity contribution in [2.75, 3.05) is 14.1 Å². The third kappa shape index (κ3) is 4.36. The summed E-state index contributed by atoms with van der Waals surface area (Å²) in [5.74, 6) is 3.29. The van der Waals surface area contributed by atoms with Gasteiger partial charge in [0.15, 0.2) is 0 Å². The lowest BCUT2D eigenvalue weighted by molar-refractivity contribution is 0.0827. The summed E-state index contributed by atoms with van der Waals surface area (Å²) in [7, 11) is 3.52. The zero-order valence-corrected chi connectivity index (χ0v) is 13.4. The number of oxazole rings is 1. The first-order valence-electron chi connectivity index (χ1n) is 6.92. The highest BCUT2D eigenvalue weighted by Crippen LogP contribution is 2.19. The average molecular weight is 304 g/mol. The predicted octanol–water partition coefficient (Wildman–Crippen LogP) is 3.37. The fraction of sp³-hybridized carbons (Fsp3) is 0.375. The van der Waals surface area contributed by atoms with Gasteiger partial charge in [-0.25, -0.2) is 4.98 Å². The van der Waals surface area contributed by atoms with Gasteiger partial charge in [0, 0.05) is 31.8 Å². The number of hydrogen-bond donors (Lipinski definition) is 0. The van der Waals surface area contributed by atoms with Gasteiger partial charge in [-0.3, -0.25) is 4.79 Å². The Labute approximate surface area is 129 Å². The number of benzene rings is 1. The molecule has 0 saturated heterocycles. The summed E-state index contributed by atoms with van der Waals surface area (Å²) in [6, 6.07) is 7.75. The normalized spacial score (nSPS) is 10.6. The van der Waals surface area contributed by atoms with E-state index in [2.05, 4.69) is 4.98 Å².